The number of carbonyl (C=O) groups excluding carboxylic acids is 2. The summed E-state index contributed by atoms with van der Waals surface area (Å²) in [5.41, 5.74) is 2.07. The zero-order valence-corrected chi connectivity index (χ0v) is 14.4. The van der Waals surface area contributed by atoms with Crippen LogP contribution in [0.3, 0.4) is 0 Å². The van der Waals surface area contributed by atoms with Gasteiger partial charge in [0.25, 0.3) is 5.91 Å². The van der Waals surface area contributed by atoms with Gasteiger partial charge in [0, 0.05) is 26.2 Å². The Morgan fingerprint density at radius 1 is 1.36 bits per heavy atom. The molecule has 1 aliphatic carbocycles. The molecule has 1 aliphatic heterocycles. The lowest BCUT2D eigenvalue weighted by atomic mass is 10.2. The van der Waals surface area contributed by atoms with Crippen LogP contribution in [0.5, 0.6) is 0 Å². The third-order valence-electron chi connectivity index (χ3n) is 4.64. The predicted octanol–water partition coefficient (Wildman–Crippen LogP) is 2.63. The fraction of sp³-hybridized carbons (Fsp3) is 0.333. The van der Waals surface area contributed by atoms with E-state index in [1.165, 1.54) is 11.8 Å². The first-order valence-corrected chi connectivity index (χ1v) is 8.29. The van der Waals surface area contributed by atoms with E-state index in [0.29, 0.717) is 28.7 Å². The molecule has 2 aromatic heterocycles. The number of aryl methyl sites for hydroxylation is 1. The van der Waals surface area contributed by atoms with Gasteiger partial charge in [0.15, 0.2) is 5.82 Å². The zero-order chi connectivity index (χ0) is 17.7. The van der Waals surface area contributed by atoms with Crippen molar-refractivity contribution in [1.29, 1.82) is 0 Å². The number of nitrogens with zero attached hydrogens (tertiary/aromatic N) is 4. The van der Waals surface area contributed by atoms with Crippen LogP contribution in [-0.2, 0) is 4.79 Å². The van der Waals surface area contributed by atoms with Crippen molar-refractivity contribution in [3.05, 3.63) is 35.5 Å². The van der Waals surface area contributed by atoms with Crippen LogP contribution in [0.2, 0.25) is 0 Å². The fourth-order valence-electron chi connectivity index (χ4n) is 3.03. The molecule has 1 saturated carbocycles. The number of anilines is 4. The van der Waals surface area contributed by atoms with Crippen molar-refractivity contribution >= 4 is 35.0 Å². The van der Waals surface area contributed by atoms with E-state index < -0.39 is 0 Å². The van der Waals surface area contributed by atoms with Crippen LogP contribution in [0.4, 0.5) is 23.1 Å². The number of rotatable bonds is 2. The molecule has 7 heteroatoms. The molecular formula is C18H19N5O2. The topological polar surface area (TPSA) is 78.4 Å². The van der Waals surface area contributed by atoms with Crippen LogP contribution >= 0.6 is 0 Å². The van der Waals surface area contributed by atoms with E-state index in [4.69, 9.17) is 4.98 Å². The summed E-state index contributed by atoms with van der Waals surface area (Å²) in [6, 6.07) is 5.62. The summed E-state index contributed by atoms with van der Waals surface area (Å²) in [6.45, 7) is 3.41. The Balaban J connectivity index is 1.95. The SMILES string of the molecule is CC(=O)N(C)c1cc(C)c2c(n1)N(C1CC1)c1ncccc1C(=O)N2. The van der Waals surface area contributed by atoms with Gasteiger partial charge < -0.3 is 15.1 Å². The molecule has 0 saturated heterocycles. The van der Waals surface area contributed by atoms with Crippen LogP contribution in [0.1, 0.15) is 35.7 Å². The van der Waals surface area contributed by atoms with Gasteiger partial charge in [-0.3, -0.25) is 9.59 Å². The second-order valence-corrected chi connectivity index (χ2v) is 6.50. The van der Waals surface area contributed by atoms with E-state index in [0.717, 1.165) is 18.4 Å². The summed E-state index contributed by atoms with van der Waals surface area (Å²) in [7, 11) is 1.69. The zero-order valence-electron chi connectivity index (χ0n) is 14.4. The minimum absolute atomic E-state index is 0.0963. The monoisotopic (exact) mass is 337 g/mol. The number of fused-ring (bicyclic) bond motifs is 2. The molecule has 7 nitrogen and oxygen atoms in total. The average molecular weight is 337 g/mol. The molecule has 0 aromatic carbocycles. The Labute approximate surface area is 145 Å². The van der Waals surface area contributed by atoms with Crippen LogP contribution in [0.25, 0.3) is 0 Å². The van der Waals surface area contributed by atoms with Gasteiger partial charge in [0.05, 0.1) is 11.3 Å². The maximum Gasteiger partial charge on any atom is 0.259 e. The van der Waals surface area contributed by atoms with E-state index >= 15 is 0 Å². The lowest BCUT2D eigenvalue weighted by Gasteiger charge is -2.26. The highest BCUT2D eigenvalue weighted by Crippen LogP contribution is 2.44. The number of amides is 2. The Morgan fingerprint density at radius 2 is 2.12 bits per heavy atom. The van der Waals surface area contributed by atoms with Crippen LogP contribution in [0, 0.1) is 6.92 Å². The first-order valence-electron chi connectivity index (χ1n) is 8.29. The van der Waals surface area contributed by atoms with Gasteiger partial charge in [-0.1, -0.05) is 0 Å². The molecule has 0 atom stereocenters. The molecule has 0 spiro atoms. The quantitative estimate of drug-likeness (QED) is 0.911. The van der Waals surface area contributed by atoms with Gasteiger partial charge in [0.2, 0.25) is 5.91 Å². The third kappa shape index (κ3) is 2.52. The van der Waals surface area contributed by atoms with Gasteiger partial charge in [-0.05, 0) is 43.5 Å². The first kappa shape index (κ1) is 15.6. The van der Waals surface area contributed by atoms with Crippen molar-refractivity contribution in [2.24, 2.45) is 0 Å². The number of pyridine rings is 2. The highest BCUT2D eigenvalue weighted by atomic mass is 16.2. The maximum atomic E-state index is 12.7. The lowest BCUT2D eigenvalue weighted by molar-refractivity contribution is -0.116. The van der Waals surface area contributed by atoms with Gasteiger partial charge in [-0.25, -0.2) is 9.97 Å². The van der Waals surface area contributed by atoms with Gasteiger partial charge >= 0.3 is 0 Å². The average Bonchev–Trinajstić information content (AvgIpc) is 3.42. The van der Waals surface area contributed by atoms with E-state index in [1.807, 2.05) is 17.9 Å². The summed E-state index contributed by atoms with van der Waals surface area (Å²) in [4.78, 5) is 37.1. The highest BCUT2D eigenvalue weighted by Gasteiger charge is 2.38. The molecular weight excluding hydrogens is 318 g/mol. The highest BCUT2D eigenvalue weighted by molar-refractivity contribution is 6.12. The van der Waals surface area contributed by atoms with E-state index in [1.54, 1.807) is 25.4 Å². The Kier molecular flexibility index (Phi) is 3.45. The summed E-state index contributed by atoms with van der Waals surface area (Å²) >= 11 is 0. The minimum Gasteiger partial charge on any atom is -0.318 e. The normalized spacial score (nSPS) is 15.8. The second kappa shape index (κ2) is 5.54. The molecule has 3 heterocycles. The molecule has 2 aliphatic rings. The fourth-order valence-corrected chi connectivity index (χ4v) is 3.03. The number of hydrogen-bond acceptors (Lipinski definition) is 5. The summed E-state index contributed by atoms with van der Waals surface area (Å²) < 4.78 is 0. The summed E-state index contributed by atoms with van der Waals surface area (Å²) in [5.74, 6) is 1.54. The Hall–Kier alpha value is -2.96. The van der Waals surface area contributed by atoms with Crippen molar-refractivity contribution in [3.63, 3.8) is 0 Å². The minimum atomic E-state index is -0.190. The van der Waals surface area contributed by atoms with Crippen LogP contribution < -0.4 is 15.1 Å². The molecule has 128 valence electrons. The number of nitrogens with one attached hydrogen (secondary N) is 1. The smallest absolute Gasteiger partial charge is 0.259 e. The molecule has 0 radical (unpaired) electrons. The predicted molar refractivity (Wildman–Crippen MR) is 95.4 cm³/mol. The molecule has 2 amide bonds. The molecule has 0 unspecified atom stereocenters. The van der Waals surface area contributed by atoms with Crippen molar-refractivity contribution in [1.82, 2.24) is 9.97 Å². The summed E-state index contributed by atoms with van der Waals surface area (Å²) in [6.07, 6.45) is 3.74. The van der Waals surface area contributed by atoms with E-state index in [-0.39, 0.29) is 17.9 Å². The van der Waals surface area contributed by atoms with Crippen LogP contribution in [0.15, 0.2) is 24.4 Å². The van der Waals surface area contributed by atoms with Crippen LogP contribution in [-0.4, -0.2) is 34.9 Å². The Morgan fingerprint density at radius 3 is 2.80 bits per heavy atom. The second-order valence-electron chi connectivity index (χ2n) is 6.50. The lowest BCUT2D eigenvalue weighted by Crippen LogP contribution is -2.27. The van der Waals surface area contributed by atoms with Crippen molar-refractivity contribution in [3.8, 4) is 0 Å². The Bertz CT molecular complexity index is 891. The van der Waals surface area contributed by atoms with Gasteiger partial charge in [0.1, 0.15) is 11.6 Å². The van der Waals surface area contributed by atoms with Crippen molar-refractivity contribution in [2.75, 3.05) is 22.2 Å². The van der Waals surface area contributed by atoms with Gasteiger partial charge in [-0.15, -0.1) is 0 Å². The molecule has 25 heavy (non-hydrogen) atoms. The first-order chi connectivity index (χ1) is 12.0. The third-order valence-corrected chi connectivity index (χ3v) is 4.64. The maximum absolute atomic E-state index is 12.7. The molecule has 4 rings (SSSR count). The molecule has 1 N–H and O–H groups in total. The number of carbonyl (C=O) groups is 2. The summed E-state index contributed by atoms with van der Waals surface area (Å²) in [5, 5.41) is 2.97. The van der Waals surface area contributed by atoms with E-state index in [9.17, 15) is 9.59 Å². The standard InChI is InChI=1S/C18H19N5O2/c1-10-9-14(22(3)11(2)24)20-17-15(10)21-18(25)13-5-4-8-19-16(13)23(17)12-6-7-12/h4-5,8-9,12H,6-7H2,1-3H3,(H,21,25). The molecule has 0 bridgehead atoms. The number of hydrogen-bond donors (Lipinski definition) is 1. The van der Waals surface area contributed by atoms with E-state index in [2.05, 4.69) is 10.3 Å². The number of aromatic nitrogens is 2. The molecule has 1 fully saturated rings. The van der Waals surface area contributed by atoms with Gasteiger partial charge in [-0.2, -0.15) is 0 Å². The van der Waals surface area contributed by atoms with Crippen molar-refractivity contribution in [2.45, 2.75) is 32.7 Å². The van der Waals surface area contributed by atoms with Crippen molar-refractivity contribution < 1.29 is 9.59 Å². The largest absolute Gasteiger partial charge is 0.318 e. The molecule has 2 aromatic rings.